The smallest absolute Gasteiger partial charge is 0.119 e. The second-order valence-electron chi connectivity index (χ2n) is 4.84. The van der Waals surface area contributed by atoms with Crippen LogP contribution in [-0.4, -0.2) is 26.3 Å². The fraction of sp³-hybridized carbons (Fsp3) is 0.600. The minimum absolute atomic E-state index is 0.657. The summed E-state index contributed by atoms with van der Waals surface area (Å²) in [6.45, 7) is 2.67. The van der Waals surface area contributed by atoms with Gasteiger partial charge in [0.25, 0.3) is 0 Å². The zero-order valence-corrected chi connectivity index (χ0v) is 11.2. The lowest BCUT2D eigenvalue weighted by Crippen LogP contribution is -2.34. The molecule has 1 aromatic carbocycles. The third-order valence-corrected chi connectivity index (χ3v) is 3.43. The summed E-state index contributed by atoms with van der Waals surface area (Å²) >= 11 is 0. The van der Waals surface area contributed by atoms with Crippen molar-refractivity contribution in [3.63, 3.8) is 0 Å². The van der Waals surface area contributed by atoms with E-state index in [1.54, 1.807) is 7.11 Å². The average Bonchev–Trinajstić information content (AvgIpc) is 2.45. The maximum atomic E-state index is 5.73. The first kappa shape index (κ1) is 13.4. The lowest BCUT2D eigenvalue weighted by molar-refractivity contribution is 0.108. The Labute approximate surface area is 109 Å². The maximum Gasteiger partial charge on any atom is 0.119 e. The number of ether oxygens (including phenoxy) is 2. The van der Waals surface area contributed by atoms with Gasteiger partial charge in [-0.15, -0.1) is 0 Å². The predicted molar refractivity (Wildman–Crippen MR) is 72.9 cm³/mol. The molecule has 1 fully saturated rings. The number of hydrogen-bond acceptors (Lipinski definition) is 3. The van der Waals surface area contributed by atoms with Crippen LogP contribution in [-0.2, 0) is 11.3 Å². The molecule has 0 aliphatic carbocycles. The van der Waals surface area contributed by atoms with Crippen molar-refractivity contribution in [1.29, 1.82) is 0 Å². The van der Waals surface area contributed by atoms with Crippen molar-refractivity contribution in [2.45, 2.75) is 38.3 Å². The van der Waals surface area contributed by atoms with Crippen molar-refractivity contribution in [3.05, 3.63) is 29.8 Å². The van der Waals surface area contributed by atoms with Crippen molar-refractivity contribution in [2.24, 2.45) is 0 Å². The van der Waals surface area contributed by atoms with E-state index in [9.17, 15) is 0 Å². The fourth-order valence-corrected chi connectivity index (χ4v) is 2.35. The van der Waals surface area contributed by atoms with E-state index in [0.717, 1.165) is 18.8 Å². The highest BCUT2D eigenvalue weighted by Gasteiger charge is 2.11. The van der Waals surface area contributed by atoms with Gasteiger partial charge in [-0.25, -0.2) is 0 Å². The summed E-state index contributed by atoms with van der Waals surface area (Å²) in [6.07, 6.45) is 5.08. The summed E-state index contributed by atoms with van der Waals surface area (Å²) < 4.78 is 10.9. The van der Waals surface area contributed by atoms with E-state index in [2.05, 4.69) is 11.4 Å². The SMILES string of the molecule is COc1cccc(COCCC2CCCCN2)c1. The van der Waals surface area contributed by atoms with Gasteiger partial charge >= 0.3 is 0 Å². The first-order valence-electron chi connectivity index (χ1n) is 6.82. The number of piperidine rings is 1. The van der Waals surface area contributed by atoms with E-state index in [0.29, 0.717) is 12.6 Å². The van der Waals surface area contributed by atoms with Gasteiger partial charge in [0, 0.05) is 12.6 Å². The molecule has 1 heterocycles. The van der Waals surface area contributed by atoms with Gasteiger partial charge < -0.3 is 14.8 Å². The van der Waals surface area contributed by atoms with E-state index in [1.807, 2.05) is 18.2 Å². The number of methoxy groups -OCH3 is 1. The predicted octanol–water partition coefficient (Wildman–Crippen LogP) is 2.74. The average molecular weight is 249 g/mol. The molecule has 3 heteroatoms. The highest BCUT2D eigenvalue weighted by Crippen LogP contribution is 2.14. The van der Waals surface area contributed by atoms with Gasteiger partial charge in [-0.3, -0.25) is 0 Å². The Kier molecular flexibility index (Phi) is 5.49. The van der Waals surface area contributed by atoms with Crippen molar-refractivity contribution >= 4 is 0 Å². The topological polar surface area (TPSA) is 30.5 Å². The standard InChI is InChI=1S/C15H23NO2/c1-17-15-7-4-5-13(11-15)12-18-10-8-14-6-2-3-9-16-14/h4-5,7,11,14,16H,2-3,6,8-10,12H2,1H3. The van der Waals surface area contributed by atoms with Crippen LogP contribution in [0.1, 0.15) is 31.2 Å². The molecule has 0 bridgehead atoms. The molecule has 1 aliphatic rings. The van der Waals surface area contributed by atoms with Crippen LogP contribution in [0.2, 0.25) is 0 Å². The van der Waals surface area contributed by atoms with Gasteiger partial charge in [0.05, 0.1) is 13.7 Å². The van der Waals surface area contributed by atoms with Crippen LogP contribution in [0.4, 0.5) is 0 Å². The molecular formula is C15H23NO2. The molecular weight excluding hydrogens is 226 g/mol. The third kappa shape index (κ3) is 4.31. The summed E-state index contributed by atoms with van der Waals surface area (Å²) in [5.74, 6) is 0.894. The zero-order chi connectivity index (χ0) is 12.6. The minimum Gasteiger partial charge on any atom is -0.497 e. The Morgan fingerprint density at radius 1 is 1.33 bits per heavy atom. The number of hydrogen-bond donors (Lipinski definition) is 1. The van der Waals surface area contributed by atoms with Crippen molar-refractivity contribution in [2.75, 3.05) is 20.3 Å². The number of benzene rings is 1. The fourth-order valence-electron chi connectivity index (χ4n) is 2.35. The van der Waals surface area contributed by atoms with Crippen molar-refractivity contribution in [1.82, 2.24) is 5.32 Å². The van der Waals surface area contributed by atoms with Gasteiger partial charge in [0.2, 0.25) is 0 Å². The van der Waals surface area contributed by atoms with Crippen LogP contribution >= 0.6 is 0 Å². The van der Waals surface area contributed by atoms with E-state index < -0.39 is 0 Å². The Balaban J connectivity index is 1.65. The second kappa shape index (κ2) is 7.39. The Hall–Kier alpha value is -1.06. The van der Waals surface area contributed by atoms with Gasteiger partial charge in [-0.05, 0) is 43.5 Å². The lowest BCUT2D eigenvalue weighted by atomic mass is 10.0. The summed E-state index contributed by atoms with van der Waals surface area (Å²) in [5.41, 5.74) is 1.17. The number of nitrogens with one attached hydrogen (secondary N) is 1. The second-order valence-corrected chi connectivity index (χ2v) is 4.84. The molecule has 1 aliphatic heterocycles. The van der Waals surface area contributed by atoms with Gasteiger partial charge in [-0.1, -0.05) is 18.6 Å². The van der Waals surface area contributed by atoms with E-state index in [-0.39, 0.29) is 0 Å². The molecule has 1 N–H and O–H groups in total. The third-order valence-electron chi connectivity index (χ3n) is 3.43. The summed E-state index contributed by atoms with van der Waals surface area (Å²) in [5, 5.41) is 3.54. The van der Waals surface area contributed by atoms with Crippen LogP contribution in [0.3, 0.4) is 0 Å². The molecule has 18 heavy (non-hydrogen) atoms. The van der Waals surface area contributed by atoms with Crippen LogP contribution < -0.4 is 10.1 Å². The first-order chi connectivity index (χ1) is 8.88. The molecule has 2 rings (SSSR count). The Morgan fingerprint density at radius 3 is 3.06 bits per heavy atom. The molecule has 3 nitrogen and oxygen atoms in total. The van der Waals surface area contributed by atoms with Gasteiger partial charge in [0.1, 0.15) is 5.75 Å². The lowest BCUT2D eigenvalue weighted by Gasteiger charge is -2.23. The molecule has 0 aromatic heterocycles. The maximum absolute atomic E-state index is 5.73. The van der Waals surface area contributed by atoms with Crippen molar-refractivity contribution < 1.29 is 9.47 Å². The number of rotatable bonds is 6. The largest absolute Gasteiger partial charge is 0.497 e. The normalized spacial score (nSPS) is 19.7. The molecule has 1 unspecified atom stereocenters. The molecule has 100 valence electrons. The first-order valence-corrected chi connectivity index (χ1v) is 6.82. The Bertz CT molecular complexity index is 348. The highest BCUT2D eigenvalue weighted by molar-refractivity contribution is 5.27. The van der Waals surface area contributed by atoms with Crippen molar-refractivity contribution in [3.8, 4) is 5.75 Å². The quantitative estimate of drug-likeness (QED) is 0.786. The molecule has 1 aromatic rings. The van der Waals surface area contributed by atoms with Gasteiger partial charge in [0.15, 0.2) is 0 Å². The zero-order valence-electron chi connectivity index (χ0n) is 11.2. The van der Waals surface area contributed by atoms with Gasteiger partial charge in [-0.2, -0.15) is 0 Å². The molecule has 0 saturated carbocycles. The summed E-state index contributed by atoms with van der Waals surface area (Å²) in [4.78, 5) is 0. The summed E-state index contributed by atoms with van der Waals surface area (Å²) in [7, 11) is 1.69. The molecule has 0 amide bonds. The molecule has 1 saturated heterocycles. The van der Waals surface area contributed by atoms with Crippen LogP contribution in [0.25, 0.3) is 0 Å². The van der Waals surface area contributed by atoms with Crippen LogP contribution in [0.15, 0.2) is 24.3 Å². The molecule has 0 radical (unpaired) electrons. The highest BCUT2D eigenvalue weighted by atomic mass is 16.5. The monoisotopic (exact) mass is 249 g/mol. The molecule has 1 atom stereocenters. The summed E-state index contributed by atoms with van der Waals surface area (Å²) in [6, 6.07) is 8.71. The van der Waals surface area contributed by atoms with E-state index in [4.69, 9.17) is 9.47 Å². The van der Waals surface area contributed by atoms with E-state index >= 15 is 0 Å². The molecule has 0 spiro atoms. The minimum atomic E-state index is 0.657. The van der Waals surface area contributed by atoms with Crippen LogP contribution in [0, 0.1) is 0 Å². The van der Waals surface area contributed by atoms with Crippen LogP contribution in [0.5, 0.6) is 5.75 Å². The van der Waals surface area contributed by atoms with E-state index in [1.165, 1.54) is 31.4 Å². The Morgan fingerprint density at radius 2 is 2.28 bits per heavy atom.